The van der Waals surface area contributed by atoms with E-state index in [0.717, 1.165) is 91.6 Å². The van der Waals surface area contributed by atoms with Gasteiger partial charge in [-0.1, -0.05) is 0 Å². The second-order valence-electron chi connectivity index (χ2n) is 9.59. The van der Waals surface area contributed by atoms with Crippen LogP contribution in [0, 0.1) is 0 Å². The van der Waals surface area contributed by atoms with Crippen molar-refractivity contribution in [1.29, 1.82) is 0 Å². The lowest BCUT2D eigenvalue weighted by Gasteiger charge is -2.39. The molecule has 5 heterocycles. The average Bonchev–Trinajstić information content (AvgIpc) is 3.56. The summed E-state index contributed by atoms with van der Waals surface area (Å²) < 4.78 is 0. The summed E-state index contributed by atoms with van der Waals surface area (Å²) in [4.78, 5) is 0. The fourth-order valence-electron chi connectivity index (χ4n) is 4.61. The second-order valence-corrected chi connectivity index (χ2v) is 11.2. The van der Waals surface area contributed by atoms with Crippen molar-refractivity contribution in [3.05, 3.63) is 44.8 Å². The lowest BCUT2D eigenvalue weighted by atomic mass is 9.97. The van der Waals surface area contributed by atoms with Gasteiger partial charge in [0.25, 0.3) is 0 Å². The van der Waals surface area contributed by atoms with Gasteiger partial charge in [0.15, 0.2) is 0 Å². The van der Waals surface area contributed by atoms with Gasteiger partial charge in [-0.15, -0.1) is 0 Å². The highest BCUT2D eigenvalue weighted by Crippen LogP contribution is 2.11. The molecule has 3 fully saturated rings. The maximum Gasteiger partial charge on any atom is 0.0561 e. The van der Waals surface area contributed by atoms with Gasteiger partial charge in [-0.2, -0.15) is 22.7 Å². The molecule has 0 radical (unpaired) electrons. The number of rotatable bonds is 6. The van der Waals surface area contributed by atoms with Crippen LogP contribution in [-0.2, 0) is 13.1 Å². The molecule has 0 atom stereocenters. The molecule has 5 rings (SSSR count). The maximum absolute atomic E-state index is 3.89. The number of fused-ring (bicyclic) bond motifs is 15. The van der Waals surface area contributed by atoms with Crippen LogP contribution in [0.4, 0.5) is 0 Å². The third-order valence-corrected chi connectivity index (χ3v) is 8.18. The smallest absolute Gasteiger partial charge is 0.0561 e. The molecule has 8 nitrogen and oxygen atoms in total. The molecular weight excluding hydrogens is 464 g/mol. The summed E-state index contributed by atoms with van der Waals surface area (Å²) in [6, 6.07) is 4.43. The highest BCUT2D eigenvalue weighted by Gasteiger charge is 2.31. The maximum atomic E-state index is 3.89. The summed E-state index contributed by atoms with van der Waals surface area (Å²) >= 11 is 3.53. The molecule has 0 aliphatic carbocycles. The summed E-state index contributed by atoms with van der Waals surface area (Å²) in [6.07, 6.45) is 0. The van der Waals surface area contributed by atoms with E-state index in [9.17, 15) is 0 Å². The molecule has 190 valence electrons. The number of hydrogen-bond donors (Lipinski definition) is 8. The van der Waals surface area contributed by atoms with Crippen molar-refractivity contribution in [2.75, 3.05) is 78.5 Å². The van der Waals surface area contributed by atoms with Gasteiger partial charge in [0.05, 0.1) is 11.1 Å². The Hall–Kier alpha value is -0.920. The topological polar surface area (TPSA) is 96.2 Å². The molecular formula is C24H42N8S2. The van der Waals surface area contributed by atoms with E-state index < -0.39 is 0 Å². The molecule has 2 bridgehead atoms. The molecule has 34 heavy (non-hydrogen) atoms. The third kappa shape index (κ3) is 8.34. The Kier molecular flexibility index (Phi) is 10.8. The van der Waals surface area contributed by atoms with Crippen molar-refractivity contribution < 1.29 is 0 Å². The Balaban J connectivity index is 1.43. The molecule has 3 aliphatic rings. The molecule has 3 saturated heterocycles. The Bertz CT molecular complexity index is 673. The van der Waals surface area contributed by atoms with Gasteiger partial charge in [-0.05, 0) is 44.8 Å². The van der Waals surface area contributed by atoms with E-state index >= 15 is 0 Å². The minimum absolute atomic E-state index is 0.0536. The zero-order valence-corrected chi connectivity index (χ0v) is 21.8. The first-order chi connectivity index (χ1) is 16.8. The van der Waals surface area contributed by atoms with Crippen molar-refractivity contribution in [1.82, 2.24) is 42.5 Å². The molecule has 10 heteroatoms. The number of nitrogens with one attached hydrogen (secondary N) is 8. The van der Waals surface area contributed by atoms with E-state index in [1.807, 2.05) is 0 Å². The average molecular weight is 507 g/mol. The Morgan fingerprint density at radius 3 is 1.15 bits per heavy atom. The lowest BCUT2D eigenvalue weighted by molar-refractivity contribution is 0.253. The number of thiophene rings is 2. The van der Waals surface area contributed by atoms with E-state index in [4.69, 9.17) is 0 Å². The highest BCUT2D eigenvalue weighted by atomic mass is 32.1. The van der Waals surface area contributed by atoms with E-state index in [1.165, 1.54) is 11.1 Å². The van der Waals surface area contributed by atoms with Crippen LogP contribution in [0.2, 0.25) is 0 Å². The van der Waals surface area contributed by atoms with Gasteiger partial charge in [0, 0.05) is 91.6 Å². The fraction of sp³-hybridized carbons (Fsp3) is 0.667. The Morgan fingerprint density at radius 2 is 0.882 bits per heavy atom. The van der Waals surface area contributed by atoms with Gasteiger partial charge < -0.3 is 42.5 Å². The van der Waals surface area contributed by atoms with Crippen LogP contribution >= 0.6 is 22.7 Å². The van der Waals surface area contributed by atoms with Gasteiger partial charge in [0.2, 0.25) is 0 Å². The van der Waals surface area contributed by atoms with Crippen LogP contribution in [-0.4, -0.2) is 89.6 Å². The first-order valence-corrected chi connectivity index (χ1v) is 14.4. The summed E-state index contributed by atoms with van der Waals surface area (Å²) in [5, 5.41) is 39.0. The van der Waals surface area contributed by atoms with Crippen molar-refractivity contribution in [2.45, 2.75) is 24.2 Å². The third-order valence-electron chi connectivity index (χ3n) is 6.71. The van der Waals surface area contributed by atoms with Crippen LogP contribution in [0.15, 0.2) is 33.7 Å². The molecule has 0 amide bonds. The fourth-order valence-corrected chi connectivity index (χ4v) is 5.95. The lowest BCUT2D eigenvalue weighted by Crippen LogP contribution is -2.66. The van der Waals surface area contributed by atoms with E-state index in [-0.39, 0.29) is 11.1 Å². The van der Waals surface area contributed by atoms with Crippen molar-refractivity contribution in [2.24, 2.45) is 0 Å². The first kappa shape index (κ1) is 26.2. The Labute approximate surface area is 212 Å². The van der Waals surface area contributed by atoms with Crippen LogP contribution in [0.5, 0.6) is 0 Å². The minimum Gasteiger partial charge on any atom is -0.314 e. The van der Waals surface area contributed by atoms with Crippen LogP contribution in [0.1, 0.15) is 11.1 Å². The molecule has 2 aromatic heterocycles. The first-order valence-electron chi connectivity index (χ1n) is 12.5. The molecule has 3 aliphatic heterocycles. The minimum atomic E-state index is -0.0536. The highest BCUT2D eigenvalue weighted by molar-refractivity contribution is 7.08. The zero-order valence-electron chi connectivity index (χ0n) is 20.2. The standard InChI is InChI=1S/C24H42N8S2/c1-9-33-13-21(1)11-31-23-15-25-3-6-28-18-24(19-29-7-4-26-16-23,20-30-8-5-27-17-23)32-12-22-2-10-34-14-22/h1-2,9-10,13-14,25-32H,3-8,11-12,15-20H2. The van der Waals surface area contributed by atoms with Gasteiger partial charge >= 0.3 is 0 Å². The van der Waals surface area contributed by atoms with Crippen LogP contribution in [0.25, 0.3) is 0 Å². The summed E-state index contributed by atoms with van der Waals surface area (Å²) in [7, 11) is 0. The van der Waals surface area contributed by atoms with Crippen molar-refractivity contribution in [3.63, 3.8) is 0 Å². The normalized spacial score (nSPS) is 28.4. The monoisotopic (exact) mass is 506 g/mol. The predicted octanol–water partition coefficient (Wildman–Crippen LogP) is -0.269. The second kappa shape index (κ2) is 14.0. The summed E-state index contributed by atoms with van der Waals surface area (Å²) in [6.45, 7) is 13.0. The molecule has 0 spiro atoms. The van der Waals surface area contributed by atoms with Gasteiger partial charge in [0.1, 0.15) is 0 Å². The van der Waals surface area contributed by atoms with Crippen LogP contribution < -0.4 is 42.5 Å². The molecule has 2 aromatic rings. The number of hydrogen-bond acceptors (Lipinski definition) is 10. The summed E-state index contributed by atoms with van der Waals surface area (Å²) in [5.74, 6) is 0. The van der Waals surface area contributed by atoms with E-state index in [2.05, 4.69) is 76.2 Å². The molecule has 0 aromatic carbocycles. The largest absolute Gasteiger partial charge is 0.314 e. The van der Waals surface area contributed by atoms with Crippen LogP contribution in [0.3, 0.4) is 0 Å². The Morgan fingerprint density at radius 1 is 0.559 bits per heavy atom. The van der Waals surface area contributed by atoms with Crippen molar-refractivity contribution in [3.8, 4) is 0 Å². The molecule has 0 unspecified atom stereocenters. The van der Waals surface area contributed by atoms with Gasteiger partial charge in [-0.3, -0.25) is 0 Å². The van der Waals surface area contributed by atoms with E-state index in [0.29, 0.717) is 0 Å². The quantitative estimate of drug-likeness (QED) is 0.271. The van der Waals surface area contributed by atoms with Crippen molar-refractivity contribution >= 4 is 22.7 Å². The zero-order chi connectivity index (χ0) is 23.4. The van der Waals surface area contributed by atoms with Gasteiger partial charge in [-0.25, -0.2) is 0 Å². The molecule has 0 saturated carbocycles. The summed E-state index contributed by atoms with van der Waals surface area (Å²) in [5.41, 5.74) is 2.60. The van der Waals surface area contributed by atoms with E-state index in [1.54, 1.807) is 22.7 Å². The predicted molar refractivity (Wildman–Crippen MR) is 145 cm³/mol. The SMILES string of the molecule is c1cc(CNC23CNCCNCC(NCc4ccsc4)(CNCCNC2)CNCCNC3)cs1. The molecule has 8 N–H and O–H groups in total.